The molecule has 0 saturated heterocycles. The zero-order valence-corrected chi connectivity index (χ0v) is 11.1. The van der Waals surface area contributed by atoms with E-state index in [0.29, 0.717) is 0 Å². The summed E-state index contributed by atoms with van der Waals surface area (Å²) in [6.45, 7) is 5.51. The molecule has 0 spiro atoms. The first-order valence-electron chi connectivity index (χ1n) is 6.61. The average Bonchev–Trinajstić information content (AvgIpc) is 2.77. The van der Waals surface area contributed by atoms with Crippen molar-refractivity contribution in [1.82, 2.24) is 4.57 Å². The van der Waals surface area contributed by atoms with Crippen molar-refractivity contribution in [3.05, 3.63) is 30.5 Å². The molecule has 1 unspecified atom stereocenters. The Hall–Kier alpha value is -1.48. The van der Waals surface area contributed by atoms with E-state index < -0.39 is 0 Å². The van der Waals surface area contributed by atoms with Gasteiger partial charge >= 0.3 is 0 Å². The number of benzene rings is 1. The molecule has 3 nitrogen and oxygen atoms in total. The number of nitrogens with zero attached hydrogens (tertiary/aromatic N) is 1. The number of rotatable bonds is 6. The van der Waals surface area contributed by atoms with Crippen molar-refractivity contribution in [1.29, 1.82) is 0 Å². The molecule has 0 aliphatic carbocycles. The fourth-order valence-corrected chi connectivity index (χ4v) is 2.05. The summed E-state index contributed by atoms with van der Waals surface area (Å²) in [6, 6.07) is 8.21. The van der Waals surface area contributed by atoms with Gasteiger partial charge in [0.05, 0.1) is 18.2 Å². The summed E-state index contributed by atoms with van der Waals surface area (Å²) >= 11 is 0. The molecule has 1 N–H and O–H groups in total. The molecule has 18 heavy (non-hydrogen) atoms. The molecular formula is C15H21NO2. The van der Waals surface area contributed by atoms with Crippen LogP contribution in [0, 0.1) is 0 Å². The molecule has 0 aliphatic rings. The zero-order chi connectivity index (χ0) is 13.0. The van der Waals surface area contributed by atoms with E-state index in [2.05, 4.69) is 29.8 Å². The van der Waals surface area contributed by atoms with Crippen LogP contribution in [0.25, 0.3) is 10.9 Å². The Labute approximate surface area is 108 Å². The Balaban J connectivity index is 2.24. The van der Waals surface area contributed by atoms with Gasteiger partial charge in [-0.1, -0.05) is 13.0 Å². The third kappa shape index (κ3) is 2.85. The normalized spacial score (nSPS) is 12.8. The highest BCUT2D eigenvalue weighted by molar-refractivity contribution is 5.86. The van der Waals surface area contributed by atoms with E-state index in [1.165, 1.54) is 5.52 Å². The molecule has 1 aromatic heterocycles. The van der Waals surface area contributed by atoms with E-state index in [1.807, 2.05) is 19.1 Å². The number of aryl methyl sites for hydroxylation is 1. The second kappa shape index (κ2) is 5.91. The number of aliphatic hydroxyl groups is 1. The van der Waals surface area contributed by atoms with Crippen molar-refractivity contribution in [2.75, 3.05) is 6.61 Å². The summed E-state index contributed by atoms with van der Waals surface area (Å²) in [5.41, 5.74) is 1.17. The molecule has 0 saturated carbocycles. The Kier molecular flexibility index (Phi) is 4.26. The lowest BCUT2D eigenvalue weighted by Crippen LogP contribution is -2.06. The van der Waals surface area contributed by atoms with Gasteiger partial charge in [0.15, 0.2) is 0 Å². The maximum Gasteiger partial charge on any atom is 0.128 e. The Morgan fingerprint density at radius 1 is 1.33 bits per heavy atom. The maximum absolute atomic E-state index is 9.36. The van der Waals surface area contributed by atoms with Crippen LogP contribution in [0.3, 0.4) is 0 Å². The first-order chi connectivity index (χ1) is 8.72. The van der Waals surface area contributed by atoms with E-state index in [9.17, 15) is 5.11 Å². The van der Waals surface area contributed by atoms with E-state index >= 15 is 0 Å². The number of aromatic nitrogens is 1. The van der Waals surface area contributed by atoms with Crippen molar-refractivity contribution < 1.29 is 9.84 Å². The second-order valence-electron chi connectivity index (χ2n) is 4.68. The third-order valence-corrected chi connectivity index (χ3v) is 3.02. The molecule has 3 heteroatoms. The van der Waals surface area contributed by atoms with Crippen molar-refractivity contribution in [2.45, 2.75) is 39.3 Å². The summed E-state index contributed by atoms with van der Waals surface area (Å²) in [4.78, 5) is 0. The predicted molar refractivity (Wildman–Crippen MR) is 74.0 cm³/mol. The molecule has 1 aromatic carbocycles. The number of fused-ring (bicyclic) bond motifs is 1. The van der Waals surface area contributed by atoms with Crippen LogP contribution >= 0.6 is 0 Å². The number of ether oxygens (including phenoxy) is 1. The van der Waals surface area contributed by atoms with Gasteiger partial charge < -0.3 is 14.4 Å². The minimum Gasteiger partial charge on any atom is -0.493 e. The molecule has 0 radical (unpaired) electrons. The number of aliphatic hydroxyl groups excluding tert-OH is 1. The Morgan fingerprint density at radius 2 is 2.17 bits per heavy atom. The molecule has 0 fully saturated rings. The van der Waals surface area contributed by atoms with Gasteiger partial charge in [-0.15, -0.1) is 0 Å². The monoisotopic (exact) mass is 247 g/mol. The lowest BCUT2D eigenvalue weighted by molar-refractivity contribution is 0.178. The highest BCUT2D eigenvalue weighted by Gasteiger charge is 2.06. The van der Waals surface area contributed by atoms with Crippen LogP contribution in [0.2, 0.25) is 0 Å². The quantitative estimate of drug-likeness (QED) is 0.850. The van der Waals surface area contributed by atoms with Crippen molar-refractivity contribution in [3.8, 4) is 5.75 Å². The Bertz CT molecular complexity index is 502. The van der Waals surface area contributed by atoms with Gasteiger partial charge in [0, 0.05) is 18.1 Å². The SMILES string of the molecule is CCCOc1cccc2c1ccn2CCC(C)O. The van der Waals surface area contributed by atoms with Crippen LogP contribution in [0.4, 0.5) is 0 Å². The molecule has 0 aliphatic heterocycles. The van der Waals surface area contributed by atoms with Crippen LogP contribution in [0.15, 0.2) is 30.5 Å². The third-order valence-electron chi connectivity index (χ3n) is 3.02. The fraction of sp³-hybridized carbons (Fsp3) is 0.467. The molecule has 2 aromatic rings. The summed E-state index contributed by atoms with van der Waals surface area (Å²) in [6.07, 6.45) is 3.58. The predicted octanol–water partition coefficient (Wildman–Crippen LogP) is 3.20. The molecule has 1 atom stereocenters. The lowest BCUT2D eigenvalue weighted by atomic mass is 10.2. The van der Waals surface area contributed by atoms with Gasteiger partial charge in [0.2, 0.25) is 0 Å². The van der Waals surface area contributed by atoms with E-state index in [1.54, 1.807) is 0 Å². The molecule has 1 heterocycles. The summed E-state index contributed by atoms with van der Waals surface area (Å²) in [7, 11) is 0. The number of hydrogen-bond acceptors (Lipinski definition) is 2. The first-order valence-corrected chi connectivity index (χ1v) is 6.61. The fourth-order valence-electron chi connectivity index (χ4n) is 2.05. The molecule has 2 rings (SSSR count). The van der Waals surface area contributed by atoms with Gasteiger partial charge in [0.25, 0.3) is 0 Å². The van der Waals surface area contributed by atoms with E-state index in [-0.39, 0.29) is 6.10 Å². The zero-order valence-electron chi connectivity index (χ0n) is 11.1. The standard InChI is InChI=1S/C15H21NO2/c1-3-11-18-15-6-4-5-14-13(15)8-10-16(14)9-7-12(2)17/h4-6,8,10,12,17H,3,7,9,11H2,1-2H3. The molecular weight excluding hydrogens is 226 g/mol. The summed E-state index contributed by atoms with van der Waals surface area (Å²) in [5.74, 6) is 0.949. The van der Waals surface area contributed by atoms with E-state index in [0.717, 1.165) is 37.1 Å². The van der Waals surface area contributed by atoms with E-state index in [4.69, 9.17) is 4.74 Å². The largest absolute Gasteiger partial charge is 0.493 e. The minimum absolute atomic E-state index is 0.262. The minimum atomic E-state index is -0.262. The topological polar surface area (TPSA) is 34.4 Å². The van der Waals surface area contributed by atoms with Crippen LogP contribution in [0.5, 0.6) is 5.75 Å². The van der Waals surface area contributed by atoms with Crippen LogP contribution in [0.1, 0.15) is 26.7 Å². The molecule has 0 bridgehead atoms. The highest BCUT2D eigenvalue weighted by Crippen LogP contribution is 2.27. The molecule has 98 valence electrons. The van der Waals surface area contributed by atoms with Crippen LogP contribution in [-0.2, 0) is 6.54 Å². The summed E-state index contributed by atoms with van der Waals surface area (Å²) in [5, 5.41) is 10.5. The first kappa shape index (κ1) is 13.0. The average molecular weight is 247 g/mol. The highest BCUT2D eigenvalue weighted by atomic mass is 16.5. The van der Waals surface area contributed by atoms with Gasteiger partial charge in [0.1, 0.15) is 5.75 Å². The van der Waals surface area contributed by atoms with Crippen LogP contribution < -0.4 is 4.74 Å². The van der Waals surface area contributed by atoms with Crippen molar-refractivity contribution in [2.24, 2.45) is 0 Å². The second-order valence-corrected chi connectivity index (χ2v) is 4.68. The number of hydrogen-bond donors (Lipinski definition) is 1. The molecule has 0 amide bonds. The summed E-state index contributed by atoms with van der Waals surface area (Å²) < 4.78 is 7.91. The van der Waals surface area contributed by atoms with Crippen molar-refractivity contribution in [3.63, 3.8) is 0 Å². The van der Waals surface area contributed by atoms with Gasteiger partial charge in [-0.3, -0.25) is 0 Å². The smallest absolute Gasteiger partial charge is 0.128 e. The van der Waals surface area contributed by atoms with Gasteiger partial charge in [-0.05, 0) is 38.0 Å². The maximum atomic E-state index is 9.36. The van der Waals surface area contributed by atoms with Crippen molar-refractivity contribution >= 4 is 10.9 Å². The lowest BCUT2D eigenvalue weighted by Gasteiger charge is -2.09. The Morgan fingerprint density at radius 3 is 2.89 bits per heavy atom. The van der Waals surface area contributed by atoms with Gasteiger partial charge in [-0.2, -0.15) is 0 Å². The van der Waals surface area contributed by atoms with Gasteiger partial charge in [-0.25, -0.2) is 0 Å². The van der Waals surface area contributed by atoms with Crippen LogP contribution in [-0.4, -0.2) is 22.4 Å².